The van der Waals surface area contributed by atoms with Gasteiger partial charge in [-0.05, 0) is 68.7 Å². The van der Waals surface area contributed by atoms with Crippen molar-refractivity contribution < 1.29 is 18.6 Å². The second-order valence-corrected chi connectivity index (χ2v) is 10.8. The molecule has 6 nitrogen and oxygen atoms in total. The number of fused-ring (bicyclic) bond motifs is 3. The average Bonchev–Trinajstić information content (AvgIpc) is 3.42. The number of aryl methyl sites for hydroxylation is 3. The molecule has 6 rings (SSSR count). The summed E-state index contributed by atoms with van der Waals surface area (Å²) >= 11 is 0. The Morgan fingerprint density at radius 1 is 1.00 bits per heavy atom. The van der Waals surface area contributed by atoms with Gasteiger partial charge >= 0.3 is 0 Å². The van der Waals surface area contributed by atoms with E-state index in [1.54, 1.807) is 6.07 Å². The molecule has 0 saturated carbocycles. The summed E-state index contributed by atoms with van der Waals surface area (Å²) < 4.78 is 38.3. The van der Waals surface area contributed by atoms with E-state index in [0.717, 1.165) is 76.9 Å². The van der Waals surface area contributed by atoms with Gasteiger partial charge < -0.3 is 18.8 Å². The maximum absolute atomic E-state index is 15.9. The predicted molar refractivity (Wildman–Crippen MR) is 161 cm³/mol. The number of hydrogen-bond acceptors (Lipinski definition) is 4. The van der Waals surface area contributed by atoms with Crippen LogP contribution in [0.3, 0.4) is 0 Å². The fraction of sp³-hybridized carbons (Fsp3) is 0.382. The van der Waals surface area contributed by atoms with Gasteiger partial charge in [-0.15, -0.1) is 0 Å². The van der Waals surface area contributed by atoms with Crippen molar-refractivity contribution in [3.8, 4) is 16.9 Å². The minimum absolute atomic E-state index is 0.235. The lowest BCUT2D eigenvalue weighted by molar-refractivity contribution is 0.113. The monoisotopic (exact) mass is 555 g/mol. The molecule has 0 atom stereocenters. The molecule has 0 spiro atoms. The zero-order valence-corrected chi connectivity index (χ0v) is 24.2. The molecule has 0 amide bonds. The van der Waals surface area contributed by atoms with E-state index < -0.39 is 0 Å². The fourth-order valence-electron chi connectivity index (χ4n) is 6.17. The summed E-state index contributed by atoms with van der Waals surface area (Å²) in [5, 5.41) is 8.09. The Labute approximate surface area is 240 Å². The molecular formula is C34H38FN3O3. The summed E-state index contributed by atoms with van der Waals surface area (Å²) in [5.41, 5.74) is 6.44. The van der Waals surface area contributed by atoms with Gasteiger partial charge in [-0.2, -0.15) is 5.10 Å². The van der Waals surface area contributed by atoms with E-state index in [2.05, 4.69) is 22.8 Å². The van der Waals surface area contributed by atoms with Crippen LogP contribution in [-0.2, 0) is 42.7 Å². The largest absolute Gasteiger partial charge is 0.493 e. The number of ether oxygens (including phenoxy) is 3. The van der Waals surface area contributed by atoms with Crippen LogP contribution in [0.2, 0.25) is 0 Å². The highest BCUT2D eigenvalue weighted by molar-refractivity contribution is 5.99. The minimum atomic E-state index is -0.235. The van der Waals surface area contributed by atoms with Crippen LogP contribution < -0.4 is 4.74 Å². The highest BCUT2D eigenvalue weighted by atomic mass is 19.1. The maximum Gasteiger partial charge on any atom is 0.133 e. The highest BCUT2D eigenvalue weighted by Crippen LogP contribution is 2.40. The van der Waals surface area contributed by atoms with Crippen molar-refractivity contribution in [2.45, 2.75) is 59.3 Å². The second kappa shape index (κ2) is 12.0. The maximum atomic E-state index is 15.9. The zero-order chi connectivity index (χ0) is 28.3. The lowest BCUT2D eigenvalue weighted by Gasteiger charge is -2.14. The third-order valence-corrected chi connectivity index (χ3v) is 8.23. The molecular weight excluding hydrogens is 517 g/mol. The first kappa shape index (κ1) is 27.5. The van der Waals surface area contributed by atoms with Crippen molar-refractivity contribution in [3.05, 3.63) is 83.1 Å². The molecule has 5 aromatic rings. The first-order chi connectivity index (χ1) is 20.1. The number of halogens is 1. The molecule has 0 N–H and O–H groups in total. The van der Waals surface area contributed by atoms with E-state index in [0.29, 0.717) is 38.6 Å². The van der Waals surface area contributed by atoms with Crippen LogP contribution >= 0.6 is 0 Å². The van der Waals surface area contributed by atoms with Gasteiger partial charge in [0.05, 0.1) is 31.0 Å². The van der Waals surface area contributed by atoms with Crippen LogP contribution in [0.5, 0.6) is 5.75 Å². The lowest BCUT2D eigenvalue weighted by Crippen LogP contribution is -2.09. The smallest absolute Gasteiger partial charge is 0.133 e. The van der Waals surface area contributed by atoms with Gasteiger partial charge in [-0.1, -0.05) is 36.4 Å². The number of rotatable bonds is 8. The lowest BCUT2D eigenvalue weighted by atomic mass is 9.97. The Morgan fingerprint density at radius 2 is 1.85 bits per heavy atom. The number of benzene rings is 3. The van der Waals surface area contributed by atoms with Gasteiger partial charge in [0.15, 0.2) is 0 Å². The summed E-state index contributed by atoms with van der Waals surface area (Å²) in [6.07, 6.45) is 3.50. The van der Waals surface area contributed by atoms with Crippen molar-refractivity contribution in [3.63, 3.8) is 0 Å². The molecule has 0 aliphatic carbocycles. The fourth-order valence-corrected chi connectivity index (χ4v) is 6.17. The van der Waals surface area contributed by atoms with Gasteiger partial charge in [0.1, 0.15) is 11.6 Å². The van der Waals surface area contributed by atoms with Crippen LogP contribution in [0, 0.1) is 12.7 Å². The molecule has 1 aliphatic heterocycles. The molecule has 0 bridgehead atoms. The highest BCUT2D eigenvalue weighted by Gasteiger charge is 2.27. The quantitative estimate of drug-likeness (QED) is 0.186. The van der Waals surface area contributed by atoms with E-state index in [9.17, 15) is 0 Å². The molecule has 41 heavy (non-hydrogen) atoms. The first-order valence-corrected chi connectivity index (χ1v) is 14.7. The third-order valence-electron chi connectivity index (χ3n) is 8.23. The third kappa shape index (κ3) is 5.24. The summed E-state index contributed by atoms with van der Waals surface area (Å²) in [6, 6.07) is 18.0. The van der Waals surface area contributed by atoms with Gasteiger partial charge in [0.25, 0.3) is 0 Å². The zero-order valence-electron chi connectivity index (χ0n) is 24.2. The van der Waals surface area contributed by atoms with E-state index >= 15 is 4.39 Å². The predicted octanol–water partition coefficient (Wildman–Crippen LogP) is 7.50. The van der Waals surface area contributed by atoms with E-state index in [1.165, 1.54) is 10.9 Å². The summed E-state index contributed by atoms with van der Waals surface area (Å²) in [7, 11) is 1.91. The van der Waals surface area contributed by atoms with Crippen molar-refractivity contribution in [1.82, 2.24) is 14.3 Å². The Balaban J connectivity index is 1.41. The van der Waals surface area contributed by atoms with Crippen LogP contribution in [0.25, 0.3) is 32.8 Å². The van der Waals surface area contributed by atoms with Gasteiger partial charge in [0, 0.05) is 60.1 Å². The second-order valence-electron chi connectivity index (χ2n) is 10.8. The molecule has 2 aromatic heterocycles. The number of aromatic nitrogens is 3. The van der Waals surface area contributed by atoms with Gasteiger partial charge in [-0.3, -0.25) is 4.68 Å². The molecule has 7 heteroatoms. The topological polar surface area (TPSA) is 50.4 Å². The van der Waals surface area contributed by atoms with Crippen LogP contribution in [-0.4, -0.2) is 34.2 Å². The molecule has 0 unspecified atom stereocenters. The van der Waals surface area contributed by atoms with Crippen LogP contribution in [0.1, 0.15) is 48.8 Å². The summed E-state index contributed by atoms with van der Waals surface area (Å²) in [4.78, 5) is 0. The molecule has 0 saturated heterocycles. The van der Waals surface area contributed by atoms with E-state index in [-0.39, 0.29) is 5.82 Å². The van der Waals surface area contributed by atoms with Crippen LogP contribution in [0.4, 0.5) is 4.39 Å². The van der Waals surface area contributed by atoms with E-state index in [4.69, 9.17) is 19.3 Å². The van der Waals surface area contributed by atoms with E-state index in [1.807, 2.05) is 55.9 Å². The molecule has 214 valence electrons. The van der Waals surface area contributed by atoms with Crippen molar-refractivity contribution in [1.29, 1.82) is 0 Å². The molecule has 0 radical (unpaired) electrons. The molecule has 0 fully saturated rings. The Hall–Kier alpha value is -3.68. The molecule has 3 aromatic carbocycles. The Kier molecular flexibility index (Phi) is 8.08. The summed E-state index contributed by atoms with van der Waals surface area (Å²) in [6.45, 7) is 7.51. The number of nitrogens with zero attached hydrogens (tertiary/aromatic N) is 3. The first-order valence-electron chi connectivity index (χ1n) is 14.7. The Bertz CT molecular complexity index is 1680. The molecule has 1 aliphatic rings. The molecule has 3 heterocycles. The summed E-state index contributed by atoms with van der Waals surface area (Å²) in [5.74, 6) is 0.669. The SMILES string of the molecule is CCOCc1c(CCCOc2cccc3ccccc23)c2ccc(F)c3c2n1CCCCOCc1nn(C)c(C)c1-3. The Morgan fingerprint density at radius 3 is 2.73 bits per heavy atom. The standard InChI is InChI=1S/C34H38FN3O3/c1-4-39-22-30-26(14-10-20-41-31-15-9-12-24-11-5-6-13-25(24)31)27-16-17-28(35)33-32-23(2)37(3)36-29(32)21-40-19-8-7-18-38(30)34(27)33/h5-6,9,11-13,15-17H,4,7-8,10,14,18-22H2,1-3H3. The van der Waals surface area contributed by atoms with Crippen LogP contribution in [0.15, 0.2) is 54.6 Å². The average molecular weight is 556 g/mol. The van der Waals surface area contributed by atoms with Crippen molar-refractivity contribution in [2.75, 3.05) is 19.8 Å². The van der Waals surface area contributed by atoms with Gasteiger partial charge in [0.2, 0.25) is 0 Å². The van der Waals surface area contributed by atoms with Crippen molar-refractivity contribution >= 4 is 21.7 Å². The van der Waals surface area contributed by atoms with Gasteiger partial charge in [-0.25, -0.2) is 4.39 Å². The normalized spacial score (nSPS) is 13.9. The minimum Gasteiger partial charge on any atom is -0.493 e. The van der Waals surface area contributed by atoms with Crippen molar-refractivity contribution in [2.24, 2.45) is 7.05 Å². The number of hydrogen-bond donors (Lipinski definition) is 0.